The van der Waals surface area contributed by atoms with Gasteiger partial charge in [-0.1, -0.05) is 20.3 Å². The molecule has 14 heavy (non-hydrogen) atoms. The molecule has 3 heteroatoms. The summed E-state index contributed by atoms with van der Waals surface area (Å²) >= 11 is 5.65. The van der Waals surface area contributed by atoms with E-state index in [-0.39, 0.29) is 11.5 Å². The highest BCUT2D eigenvalue weighted by Gasteiger charge is 2.28. The van der Waals surface area contributed by atoms with Gasteiger partial charge in [0, 0.05) is 13.0 Å². The number of halogens is 1. The molecule has 0 aromatic rings. The summed E-state index contributed by atoms with van der Waals surface area (Å²) in [7, 11) is 1.73. The molecule has 0 aromatic carbocycles. The second-order valence-electron chi connectivity index (χ2n) is 4.10. The van der Waals surface area contributed by atoms with Crippen LogP contribution in [-0.4, -0.2) is 29.8 Å². The first-order valence-electron chi connectivity index (χ1n) is 5.32. The molecule has 0 radical (unpaired) electrons. The minimum Gasteiger partial charge on any atom is -0.392 e. The Balaban J connectivity index is 4.28. The maximum Gasteiger partial charge on any atom is 0.0704 e. The molecule has 0 aliphatic rings. The zero-order valence-corrected chi connectivity index (χ0v) is 10.5. The Kier molecular flexibility index (Phi) is 6.75. The summed E-state index contributed by atoms with van der Waals surface area (Å²) < 4.78 is 5.46. The molecule has 3 atom stereocenters. The lowest BCUT2D eigenvalue weighted by molar-refractivity contribution is -0.0337. The van der Waals surface area contributed by atoms with Crippen molar-refractivity contribution in [2.24, 2.45) is 5.92 Å². The van der Waals surface area contributed by atoms with Gasteiger partial charge in [-0.15, -0.1) is 11.6 Å². The van der Waals surface area contributed by atoms with E-state index in [0.717, 1.165) is 19.3 Å². The van der Waals surface area contributed by atoms with Gasteiger partial charge in [0.05, 0.1) is 11.7 Å². The van der Waals surface area contributed by atoms with E-state index >= 15 is 0 Å². The molecule has 0 fully saturated rings. The van der Waals surface area contributed by atoms with Gasteiger partial charge in [0.15, 0.2) is 0 Å². The van der Waals surface area contributed by atoms with E-state index in [1.165, 1.54) is 0 Å². The van der Waals surface area contributed by atoms with Crippen LogP contribution in [0.15, 0.2) is 0 Å². The van der Waals surface area contributed by atoms with Gasteiger partial charge in [0.2, 0.25) is 0 Å². The van der Waals surface area contributed by atoms with E-state index < -0.39 is 6.10 Å². The van der Waals surface area contributed by atoms with Crippen LogP contribution < -0.4 is 0 Å². The molecule has 1 N–H and O–H groups in total. The van der Waals surface area contributed by atoms with Crippen molar-refractivity contribution in [3.05, 3.63) is 0 Å². The van der Waals surface area contributed by atoms with E-state index in [2.05, 4.69) is 20.8 Å². The van der Waals surface area contributed by atoms with Crippen LogP contribution in [0.25, 0.3) is 0 Å². The number of aliphatic hydroxyl groups excluding tert-OH is 1. The molecule has 0 amide bonds. The minimum absolute atomic E-state index is 0.131. The predicted molar refractivity (Wildman–Crippen MR) is 60.8 cm³/mol. The maximum atomic E-state index is 9.68. The SMILES string of the molecule is CCC(CC(C)(CC)OC)C(O)CCl. The van der Waals surface area contributed by atoms with Crippen LogP contribution >= 0.6 is 11.6 Å². The van der Waals surface area contributed by atoms with Crippen LogP contribution in [0.4, 0.5) is 0 Å². The summed E-state index contributed by atoms with van der Waals surface area (Å²) in [4.78, 5) is 0. The topological polar surface area (TPSA) is 29.5 Å². The van der Waals surface area contributed by atoms with Gasteiger partial charge >= 0.3 is 0 Å². The monoisotopic (exact) mass is 222 g/mol. The minimum atomic E-state index is -0.414. The van der Waals surface area contributed by atoms with Gasteiger partial charge in [0.25, 0.3) is 0 Å². The highest BCUT2D eigenvalue weighted by atomic mass is 35.5. The van der Waals surface area contributed by atoms with Crippen LogP contribution in [-0.2, 0) is 4.74 Å². The standard InChI is InChI=1S/C11H23ClO2/c1-5-9(10(13)8-12)7-11(3,6-2)14-4/h9-10,13H,5-8H2,1-4H3. The lowest BCUT2D eigenvalue weighted by atomic mass is 9.85. The number of alkyl halides is 1. The van der Waals surface area contributed by atoms with Gasteiger partial charge in [-0.2, -0.15) is 0 Å². The van der Waals surface area contributed by atoms with Crippen LogP contribution in [0.2, 0.25) is 0 Å². The lowest BCUT2D eigenvalue weighted by Crippen LogP contribution is -2.34. The van der Waals surface area contributed by atoms with E-state index in [4.69, 9.17) is 16.3 Å². The molecule has 0 aliphatic heterocycles. The summed E-state index contributed by atoms with van der Waals surface area (Å²) in [6, 6.07) is 0. The van der Waals surface area contributed by atoms with E-state index in [1.807, 2.05) is 0 Å². The van der Waals surface area contributed by atoms with Gasteiger partial charge in [-0.25, -0.2) is 0 Å². The van der Waals surface area contributed by atoms with Gasteiger partial charge in [-0.3, -0.25) is 0 Å². The van der Waals surface area contributed by atoms with E-state index in [1.54, 1.807) is 7.11 Å². The quantitative estimate of drug-likeness (QED) is 0.672. The molecule has 0 saturated heterocycles. The number of hydrogen-bond donors (Lipinski definition) is 1. The summed E-state index contributed by atoms with van der Waals surface area (Å²) in [5.74, 6) is 0.541. The fraction of sp³-hybridized carbons (Fsp3) is 1.00. The van der Waals surface area contributed by atoms with E-state index in [9.17, 15) is 5.11 Å². The Labute approximate surface area is 92.6 Å². The van der Waals surface area contributed by atoms with Crippen LogP contribution in [0.1, 0.15) is 40.0 Å². The van der Waals surface area contributed by atoms with Crippen molar-refractivity contribution in [2.45, 2.75) is 51.7 Å². The Morgan fingerprint density at radius 1 is 1.43 bits per heavy atom. The Bertz CT molecular complexity index is 146. The first kappa shape index (κ1) is 14.2. The molecule has 0 heterocycles. The Hall–Kier alpha value is 0.210. The Morgan fingerprint density at radius 3 is 2.29 bits per heavy atom. The van der Waals surface area contributed by atoms with Gasteiger partial charge in [-0.05, 0) is 25.7 Å². The molecule has 0 saturated carbocycles. The second-order valence-corrected chi connectivity index (χ2v) is 4.41. The van der Waals surface area contributed by atoms with Crippen molar-refractivity contribution < 1.29 is 9.84 Å². The first-order chi connectivity index (χ1) is 6.52. The molecule has 0 bridgehead atoms. The van der Waals surface area contributed by atoms with E-state index in [0.29, 0.717) is 5.88 Å². The molecule has 2 nitrogen and oxygen atoms in total. The van der Waals surface area contributed by atoms with Crippen molar-refractivity contribution in [2.75, 3.05) is 13.0 Å². The van der Waals surface area contributed by atoms with Crippen molar-refractivity contribution >= 4 is 11.6 Å². The number of hydrogen-bond acceptors (Lipinski definition) is 2. The molecule has 0 rings (SSSR count). The highest BCUT2D eigenvalue weighted by molar-refractivity contribution is 6.18. The van der Waals surface area contributed by atoms with Crippen molar-refractivity contribution in [3.63, 3.8) is 0 Å². The van der Waals surface area contributed by atoms with Crippen LogP contribution in [0.5, 0.6) is 0 Å². The zero-order chi connectivity index (χ0) is 11.2. The molecule has 86 valence electrons. The smallest absolute Gasteiger partial charge is 0.0704 e. The molecule has 3 unspecified atom stereocenters. The van der Waals surface area contributed by atoms with Crippen LogP contribution in [0, 0.1) is 5.92 Å². The third-order valence-electron chi connectivity index (χ3n) is 3.16. The second kappa shape index (κ2) is 6.65. The number of rotatable bonds is 7. The summed E-state index contributed by atoms with van der Waals surface area (Å²) in [6.07, 6.45) is 2.34. The third kappa shape index (κ3) is 4.16. The molecule has 0 aliphatic carbocycles. The first-order valence-corrected chi connectivity index (χ1v) is 5.85. The third-order valence-corrected chi connectivity index (χ3v) is 3.48. The normalized spacial score (nSPS) is 20.1. The van der Waals surface area contributed by atoms with Crippen molar-refractivity contribution in [3.8, 4) is 0 Å². The summed E-state index contributed by atoms with van der Waals surface area (Å²) in [5, 5.41) is 9.68. The molecular formula is C11H23ClO2. The van der Waals surface area contributed by atoms with Gasteiger partial charge < -0.3 is 9.84 Å². The number of methoxy groups -OCH3 is 1. The van der Waals surface area contributed by atoms with Crippen molar-refractivity contribution in [1.29, 1.82) is 0 Å². The largest absolute Gasteiger partial charge is 0.392 e. The number of ether oxygens (including phenoxy) is 1. The molecular weight excluding hydrogens is 200 g/mol. The molecule has 0 spiro atoms. The molecule has 0 aromatic heterocycles. The Morgan fingerprint density at radius 2 is 2.00 bits per heavy atom. The zero-order valence-electron chi connectivity index (χ0n) is 9.72. The summed E-state index contributed by atoms with van der Waals surface area (Å²) in [5.41, 5.74) is -0.131. The average Bonchev–Trinajstić information content (AvgIpc) is 2.24. The maximum absolute atomic E-state index is 9.68. The van der Waals surface area contributed by atoms with Crippen molar-refractivity contribution in [1.82, 2.24) is 0 Å². The number of aliphatic hydroxyl groups is 1. The average molecular weight is 223 g/mol. The lowest BCUT2D eigenvalue weighted by Gasteiger charge is -2.32. The fourth-order valence-corrected chi connectivity index (χ4v) is 1.86. The fourth-order valence-electron chi connectivity index (χ4n) is 1.61. The summed E-state index contributed by atoms with van der Waals surface area (Å²) in [6.45, 7) is 6.26. The van der Waals surface area contributed by atoms with Crippen LogP contribution in [0.3, 0.4) is 0 Å². The van der Waals surface area contributed by atoms with Gasteiger partial charge in [0.1, 0.15) is 0 Å². The predicted octanol–water partition coefficient (Wildman–Crippen LogP) is 2.82. The highest BCUT2D eigenvalue weighted by Crippen LogP contribution is 2.28.